The molecule has 0 saturated heterocycles. The Balaban J connectivity index is 2.79. The van der Waals surface area contributed by atoms with E-state index < -0.39 is 6.29 Å². The highest BCUT2D eigenvalue weighted by Gasteiger charge is 2.26. The molecular formula is C17H24O4. The third-order valence-corrected chi connectivity index (χ3v) is 3.14. The zero-order valence-electron chi connectivity index (χ0n) is 13.0. The number of esters is 2. The molecule has 0 saturated carbocycles. The Kier molecular flexibility index (Phi) is 7.51. The summed E-state index contributed by atoms with van der Waals surface area (Å²) in [5, 5.41) is 0. The van der Waals surface area contributed by atoms with Crippen molar-refractivity contribution in [1.82, 2.24) is 0 Å². The molecule has 0 spiro atoms. The summed E-state index contributed by atoms with van der Waals surface area (Å²) in [6, 6.07) is 9.59. The predicted molar refractivity (Wildman–Crippen MR) is 80.6 cm³/mol. The molecule has 1 atom stereocenters. The van der Waals surface area contributed by atoms with Crippen molar-refractivity contribution in [2.75, 3.05) is 0 Å². The average Bonchev–Trinajstić information content (AvgIpc) is 2.47. The van der Waals surface area contributed by atoms with Crippen LogP contribution in [-0.4, -0.2) is 18.2 Å². The van der Waals surface area contributed by atoms with Crippen molar-refractivity contribution in [3.8, 4) is 0 Å². The smallest absolute Gasteiger partial charge is 0.308 e. The van der Waals surface area contributed by atoms with Gasteiger partial charge in [-0.3, -0.25) is 9.59 Å². The van der Waals surface area contributed by atoms with Gasteiger partial charge in [-0.25, -0.2) is 0 Å². The Bertz CT molecular complexity index is 421. The lowest BCUT2D eigenvalue weighted by Crippen LogP contribution is -2.29. The number of carbonyl (C=O) groups is 2. The fourth-order valence-corrected chi connectivity index (χ4v) is 1.93. The molecular weight excluding hydrogens is 268 g/mol. The molecule has 1 aromatic carbocycles. The molecule has 1 aromatic rings. The van der Waals surface area contributed by atoms with E-state index in [1.54, 1.807) is 0 Å². The number of carbonyl (C=O) groups excluding carboxylic acids is 2. The quantitative estimate of drug-likeness (QED) is 0.540. The van der Waals surface area contributed by atoms with Crippen LogP contribution in [0.15, 0.2) is 30.3 Å². The van der Waals surface area contributed by atoms with Gasteiger partial charge < -0.3 is 9.47 Å². The highest BCUT2D eigenvalue weighted by Crippen LogP contribution is 2.23. The lowest BCUT2D eigenvalue weighted by Gasteiger charge is -2.24. The van der Waals surface area contributed by atoms with Crippen LogP contribution in [0.25, 0.3) is 0 Å². The minimum atomic E-state index is -0.870. The lowest BCUT2D eigenvalue weighted by molar-refractivity contribution is -0.191. The molecule has 0 heterocycles. The van der Waals surface area contributed by atoms with E-state index in [-0.39, 0.29) is 17.9 Å². The van der Waals surface area contributed by atoms with Gasteiger partial charge in [0.15, 0.2) is 0 Å². The predicted octanol–water partition coefficient (Wildman–Crippen LogP) is 3.80. The van der Waals surface area contributed by atoms with E-state index in [1.165, 1.54) is 0 Å². The molecule has 21 heavy (non-hydrogen) atoms. The topological polar surface area (TPSA) is 52.6 Å². The fraction of sp³-hybridized carbons (Fsp3) is 0.529. The summed E-state index contributed by atoms with van der Waals surface area (Å²) < 4.78 is 10.7. The van der Waals surface area contributed by atoms with E-state index in [4.69, 9.17) is 9.47 Å². The van der Waals surface area contributed by atoms with Crippen LogP contribution in [0.3, 0.4) is 0 Å². The number of hydrogen-bond donors (Lipinski definition) is 0. The van der Waals surface area contributed by atoms with Gasteiger partial charge in [-0.2, -0.15) is 0 Å². The van der Waals surface area contributed by atoms with E-state index in [9.17, 15) is 9.59 Å². The van der Waals surface area contributed by atoms with Crippen molar-refractivity contribution >= 4 is 11.9 Å². The zero-order valence-corrected chi connectivity index (χ0v) is 13.0. The minimum Gasteiger partial charge on any atom is -0.424 e. The summed E-state index contributed by atoms with van der Waals surface area (Å²) in [7, 11) is 0. The Morgan fingerprint density at radius 2 is 1.43 bits per heavy atom. The SMILES string of the molecule is CCCC(=O)OC(OC(=O)CCC)[C@@H](C)c1ccccc1. The second-order valence-electron chi connectivity index (χ2n) is 5.05. The minimum absolute atomic E-state index is 0.201. The van der Waals surface area contributed by atoms with Gasteiger partial charge in [-0.05, 0) is 18.4 Å². The Morgan fingerprint density at radius 3 is 1.86 bits per heavy atom. The van der Waals surface area contributed by atoms with Crippen molar-refractivity contribution in [3.63, 3.8) is 0 Å². The monoisotopic (exact) mass is 292 g/mol. The first-order valence-corrected chi connectivity index (χ1v) is 7.52. The molecule has 0 aliphatic carbocycles. The first-order valence-electron chi connectivity index (χ1n) is 7.52. The third kappa shape index (κ3) is 5.98. The van der Waals surface area contributed by atoms with Gasteiger partial charge in [0.1, 0.15) is 0 Å². The number of ether oxygens (including phenoxy) is 2. The van der Waals surface area contributed by atoms with Crippen molar-refractivity contribution < 1.29 is 19.1 Å². The summed E-state index contributed by atoms with van der Waals surface area (Å²) in [6.07, 6.45) is 1.18. The van der Waals surface area contributed by atoms with Crippen LogP contribution in [-0.2, 0) is 19.1 Å². The van der Waals surface area contributed by atoms with E-state index in [2.05, 4.69) is 0 Å². The van der Waals surface area contributed by atoms with Crippen LogP contribution in [0.5, 0.6) is 0 Å². The molecule has 0 aliphatic heterocycles. The summed E-state index contributed by atoms with van der Waals surface area (Å²) in [5.41, 5.74) is 0.969. The molecule has 4 nitrogen and oxygen atoms in total. The molecule has 4 heteroatoms. The molecule has 0 N–H and O–H groups in total. The van der Waals surface area contributed by atoms with Crippen LogP contribution in [0, 0.1) is 0 Å². The fourth-order valence-electron chi connectivity index (χ4n) is 1.93. The van der Waals surface area contributed by atoms with Crippen LogP contribution in [0.4, 0.5) is 0 Å². The van der Waals surface area contributed by atoms with E-state index >= 15 is 0 Å². The van der Waals surface area contributed by atoms with E-state index in [1.807, 2.05) is 51.1 Å². The molecule has 1 rings (SSSR count). The summed E-state index contributed by atoms with van der Waals surface area (Å²) in [5.74, 6) is -0.878. The van der Waals surface area contributed by atoms with Crippen molar-refractivity contribution in [2.45, 2.75) is 58.7 Å². The van der Waals surface area contributed by atoms with Crippen molar-refractivity contribution in [3.05, 3.63) is 35.9 Å². The van der Waals surface area contributed by atoms with Gasteiger partial charge in [0.05, 0.1) is 5.92 Å². The number of hydrogen-bond acceptors (Lipinski definition) is 4. The van der Waals surface area contributed by atoms with Gasteiger partial charge in [0.2, 0.25) is 0 Å². The normalized spacial score (nSPS) is 12.0. The molecule has 0 aromatic heterocycles. The highest BCUT2D eigenvalue weighted by atomic mass is 16.7. The second kappa shape index (κ2) is 9.16. The largest absolute Gasteiger partial charge is 0.424 e. The standard InChI is InChI=1S/C17H24O4/c1-4-9-15(18)20-17(21-16(19)10-5-2)13(3)14-11-7-6-8-12-14/h6-8,11-13,17H,4-5,9-10H2,1-3H3/t13-/m0/s1. The van der Waals surface area contributed by atoms with Crippen LogP contribution < -0.4 is 0 Å². The van der Waals surface area contributed by atoms with Gasteiger partial charge >= 0.3 is 11.9 Å². The van der Waals surface area contributed by atoms with Gasteiger partial charge in [-0.1, -0.05) is 51.1 Å². The third-order valence-electron chi connectivity index (χ3n) is 3.14. The summed E-state index contributed by atoms with van der Waals surface area (Å²) in [4.78, 5) is 23.4. The molecule has 116 valence electrons. The Hall–Kier alpha value is -1.84. The van der Waals surface area contributed by atoms with Gasteiger partial charge in [0.25, 0.3) is 6.29 Å². The second-order valence-corrected chi connectivity index (χ2v) is 5.05. The van der Waals surface area contributed by atoms with E-state index in [0.29, 0.717) is 25.7 Å². The van der Waals surface area contributed by atoms with E-state index in [0.717, 1.165) is 5.56 Å². The maximum Gasteiger partial charge on any atom is 0.308 e. The molecule has 0 fully saturated rings. The molecule has 0 radical (unpaired) electrons. The maximum absolute atomic E-state index is 11.7. The number of benzene rings is 1. The first kappa shape index (κ1) is 17.2. The van der Waals surface area contributed by atoms with Gasteiger partial charge in [0, 0.05) is 12.8 Å². The zero-order chi connectivity index (χ0) is 15.7. The summed E-state index contributed by atoms with van der Waals surface area (Å²) in [6.45, 7) is 5.69. The van der Waals surface area contributed by atoms with Crippen LogP contribution in [0.1, 0.15) is 57.9 Å². The van der Waals surface area contributed by atoms with Crippen LogP contribution in [0.2, 0.25) is 0 Å². The van der Waals surface area contributed by atoms with Crippen LogP contribution >= 0.6 is 0 Å². The lowest BCUT2D eigenvalue weighted by atomic mass is 10.0. The average molecular weight is 292 g/mol. The molecule has 0 amide bonds. The first-order chi connectivity index (χ1) is 10.1. The summed E-state index contributed by atoms with van der Waals surface area (Å²) >= 11 is 0. The maximum atomic E-state index is 11.7. The highest BCUT2D eigenvalue weighted by molar-refractivity contribution is 5.71. The number of rotatable bonds is 8. The molecule has 0 aliphatic rings. The molecule has 0 unspecified atom stereocenters. The van der Waals surface area contributed by atoms with Crippen molar-refractivity contribution in [1.29, 1.82) is 0 Å². The van der Waals surface area contributed by atoms with Gasteiger partial charge in [-0.15, -0.1) is 0 Å². The van der Waals surface area contributed by atoms with Crippen molar-refractivity contribution in [2.24, 2.45) is 0 Å². The Morgan fingerprint density at radius 1 is 0.952 bits per heavy atom. The Labute approximate surface area is 126 Å². The molecule has 0 bridgehead atoms.